The maximum atomic E-state index is 4.20. The second-order valence-corrected chi connectivity index (χ2v) is 2.76. The molecule has 1 heterocycles. The van der Waals surface area contributed by atoms with Crippen LogP contribution >= 0.6 is 0 Å². The highest BCUT2D eigenvalue weighted by Gasteiger charge is 1.97. The Morgan fingerprint density at radius 3 is 3.07 bits per heavy atom. The van der Waals surface area contributed by atoms with Gasteiger partial charge in [-0.05, 0) is 6.42 Å². The van der Waals surface area contributed by atoms with Crippen LogP contribution < -0.4 is 10.6 Å². The first-order valence-electron chi connectivity index (χ1n) is 4.65. The molecule has 2 N–H and O–H groups in total. The molecule has 76 valence electrons. The lowest BCUT2D eigenvalue weighted by molar-refractivity contribution is 0.911. The molecular weight excluding hydrogens is 178 g/mol. The van der Waals surface area contributed by atoms with Crippen molar-refractivity contribution < 1.29 is 0 Å². The molecule has 5 heteroatoms. The van der Waals surface area contributed by atoms with E-state index in [1.54, 1.807) is 12.3 Å². The fourth-order valence-corrected chi connectivity index (χ4v) is 0.877. The molecule has 0 saturated carbocycles. The highest BCUT2D eigenvalue weighted by molar-refractivity contribution is 5.37. The van der Waals surface area contributed by atoms with E-state index in [0.717, 1.165) is 13.0 Å². The minimum atomic E-state index is 0.556. The van der Waals surface area contributed by atoms with Crippen LogP contribution in [0.15, 0.2) is 18.9 Å². The van der Waals surface area contributed by atoms with Crippen molar-refractivity contribution in [3.05, 3.63) is 18.9 Å². The second-order valence-electron chi connectivity index (χ2n) is 2.76. The molecule has 14 heavy (non-hydrogen) atoms. The van der Waals surface area contributed by atoms with Crippen molar-refractivity contribution in [3.63, 3.8) is 0 Å². The van der Waals surface area contributed by atoms with Crippen molar-refractivity contribution in [1.29, 1.82) is 0 Å². The molecule has 0 unspecified atom stereocenters. The number of nitrogens with zero attached hydrogens (tertiary/aromatic N) is 3. The van der Waals surface area contributed by atoms with Crippen LogP contribution in [0.25, 0.3) is 0 Å². The van der Waals surface area contributed by atoms with Gasteiger partial charge in [0, 0.05) is 13.1 Å². The number of hydrogen-bond acceptors (Lipinski definition) is 5. The van der Waals surface area contributed by atoms with Gasteiger partial charge < -0.3 is 10.6 Å². The summed E-state index contributed by atoms with van der Waals surface area (Å²) in [6.45, 7) is 7.22. The van der Waals surface area contributed by atoms with Gasteiger partial charge in [-0.15, -0.1) is 11.7 Å². The van der Waals surface area contributed by atoms with Crippen LogP contribution in [0, 0.1) is 0 Å². The SMILES string of the molecule is C=CCNc1cnnc(NCCC)n1. The normalized spacial score (nSPS) is 9.50. The lowest BCUT2D eigenvalue weighted by Crippen LogP contribution is -2.08. The van der Waals surface area contributed by atoms with E-state index in [-0.39, 0.29) is 0 Å². The van der Waals surface area contributed by atoms with E-state index < -0.39 is 0 Å². The van der Waals surface area contributed by atoms with Crippen LogP contribution in [0.5, 0.6) is 0 Å². The van der Waals surface area contributed by atoms with Crippen LogP contribution in [-0.4, -0.2) is 28.3 Å². The van der Waals surface area contributed by atoms with E-state index in [1.165, 1.54) is 0 Å². The molecule has 0 radical (unpaired) electrons. The smallest absolute Gasteiger partial charge is 0.244 e. The summed E-state index contributed by atoms with van der Waals surface area (Å²) in [5, 5.41) is 13.8. The van der Waals surface area contributed by atoms with Gasteiger partial charge in [-0.2, -0.15) is 10.1 Å². The lowest BCUT2D eigenvalue weighted by Gasteiger charge is -2.04. The Kier molecular flexibility index (Phi) is 4.40. The Morgan fingerprint density at radius 1 is 1.50 bits per heavy atom. The summed E-state index contributed by atoms with van der Waals surface area (Å²) in [7, 11) is 0. The Balaban J connectivity index is 2.54. The zero-order valence-corrected chi connectivity index (χ0v) is 8.32. The molecule has 1 aromatic heterocycles. The minimum Gasteiger partial charge on any atom is -0.365 e. The molecule has 1 aromatic rings. The molecule has 0 aliphatic heterocycles. The van der Waals surface area contributed by atoms with Crippen molar-refractivity contribution >= 4 is 11.8 Å². The van der Waals surface area contributed by atoms with E-state index in [0.29, 0.717) is 18.3 Å². The predicted molar refractivity (Wildman–Crippen MR) is 57.3 cm³/mol. The molecule has 0 spiro atoms. The summed E-state index contributed by atoms with van der Waals surface area (Å²) in [6.07, 6.45) is 4.38. The molecule has 0 aromatic carbocycles. The Bertz CT molecular complexity index is 286. The quantitative estimate of drug-likeness (QED) is 0.666. The van der Waals surface area contributed by atoms with Crippen LogP contribution in [0.2, 0.25) is 0 Å². The number of hydrogen-bond donors (Lipinski definition) is 2. The van der Waals surface area contributed by atoms with Gasteiger partial charge in [0.15, 0.2) is 5.82 Å². The van der Waals surface area contributed by atoms with Crippen molar-refractivity contribution in [2.45, 2.75) is 13.3 Å². The van der Waals surface area contributed by atoms with Crippen molar-refractivity contribution in [1.82, 2.24) is 15.2 Å². The highest BCUT2D eigenvalue weighted by atomic mass is 15.3. The average Bonchev–Trinajstić information content (AvgIpc) is 2.24. The van der Waals surface area contributed by atoms with E-state index in [2.05, 4.69) is 39.3 Å². The Hall–Kier alpha value is -1.65. The summed E-state index contributed by atoms with van der Waals surface area (Å²) >= 11 is 0. The van der Waals surface area contributed by atoms with Crippen LogP contribution in [-0.2, 0) is 0 Å². The van der Waals surface area contributed by atoms with Crippen molar-refractivity contribution in [2.75, 3.05) is 23.7 Å². The summed E-state index contributed by atoms with van der Waals surface area (Å²) < 4.78 is 0. The standard InChI is InChI=1S/C9H15N5/c1-3-5-10-8-7-12-14-9(13-8)11-6-4-2/h3,7H,1,4-6H2,2H3,(H2,10,11,13,14). The first-order chi connectivity index (χ1) is 6.86. The molecule has 0 aliphatic carbocycles. The van der Waals surface area contributed by atoms with E-state index in [1.807, 2.05) is 0 Å². The van der Waals surface area contributed by atoms with Gasteiger partial charge in [0.05, 0.1) is 6.20 Å². The summed E-state index contributed by atoms with van der Waals surface area (Å²) in [5.74, 6) is 1.26. The fourth-order valence-electron chi connectivity index (χ4n) is 0.877. The molecule has 1 rings (SSSR count). The summed E-state index contributed by atoms with van der Waals surface area (Å²) in [4.78, 5) is 4.20. The molecule has 0 fully saturated rings. The molecule has 0 atom stereocenters. The summed E-state index contributed by atoms with van der Waals surface area (Å²) in [6, 6.07) is 0. The van der Waals surface area contributed by atoms with Crippen molar-refractivity contribution in [2.24, 2.45) is 0 Å². The third kappa shape index (κ3) is 3.38. The van der Waals surface area contributed by atoms with Crippen molar-refractivity contribution in [3.8, 4) is 0 Å². The van der Waals surface area contributed by atoms with E-state index in [9.17, 15) is 0 Å². The van der Waals surface area contributed by atoms with Crippen LogP contribution in [0.3, 0.4) is 0 Å². The molecule has 5 nitrogen and oxygen atoms in total. The first kappa shape index (κ1) is 10.4. The van der Waals surface area contributed by atoms with Crippen LogP contribution in [0.4, 0.5) is 11.8 Å². The maximum Gasteiger partial charge on any atom is 0.244 e. The topological polar surface area (TPSA) is 62.7 Å². The molecule has 0 bridgehead atoms. The number of rotatable bonds is 6. The molecule has 0 amide bonds. The average molecular weight is 193 g/mol. The maximum absolute atomic E-state index is 4.20. The van der Waals surface area contributed by atoms with Gasteiger partial charge in [-0.3, -0.25) is 0 Å². The minimum absolute atomic E-state index is 0.556. The van der Waals surface area contributed by atoms with Gasteiger partial charge in [0.2, 0.25) is 5.95 Å². The zero-order chi connectivity index (χ0) is 10.2. The monoisotopic (exact) mass is 193 g/mol. The van der Waals surface area contributed by atoms with Crippen LogP contribution in [0.1, 0.15) is 13.3 Å². The van der Waals surface area contributed by atoms with E-state index >= 15 is 0 Å². The van der Waals surface area contributed by atoms with Gasteiger partial charge in [0.25, 0.3) is 0 Å². The lowest BCUT2D eigenvalue weighted by atomic mass is 10.5. The Labute approximate surface area is 83.7 Å². The van der Waals surface area contributed by atoms with Gasteiger partial charge >= 0.3 is 0 Å². The molecule has 0 saturated heterocycles. The zero-order valence-electron chi connectivity index (χ0n) is 8.32. The third-order valence-corrected chi connectivity index (χ3v) is 1.52. The molecule has 0 aliphatic rings. The summed E-state index contributed by atoms with van der Waals surface area (Å²) in [5.41, 5.74) is 0. The number of anilines is 2. The fraction of sp³-hybridized carbons (Fsp3) is 0.444. The number of aromatic nitrogens is 3. The number of nitrogens with one attached hydrogen (secondary N) is 2. The van der Waals surface area contributed by atoms with Gasteiger partial charge in [-0.25, -0.2) is 0 Å². The largest absolute Gasteiger partial charge is 0.365 e. The predicted octanol–water partition coefficient (Wildman–Crippen LogP) is 1.29. The first-order valence-corrected chi connectivity index (χ1v) is 4.65. The highest BCUT2D eigenvalue weighted by Crippen LogP contribution is 2.02. The van der Waals surface area contributed by atoms with E-state index in [4.69, 9.17) is 0 Å². The Morgan fingerprint density at radius 2 is 2.36 bits per heavy atom. The second kappa shape index (κ2) is 5.90. The molecular formula is C9H15N5. The van der Waals surface area contributed by atoms with Gasteiger partial charge in [-0.1, -0.05) is 13.0 Å². The third-order valence-electron chi connectivity index (χ3n) is 1.52. The van der Waals surface area contributed by atoms with Gasteiger partial charge in [0.1, 0.15) is 0 Å².